The molecule has 2 aromatic carbocycles. The zero-order valence-corrected chi connectivity index (χ0v) is 17.2. The molecule has 5 nitrogen and oxygen atoms in total. The fourth-order valence-electron chi connectivity index (χ4n) is 2.06. The molecule has 0 spiro atoms. The van der Waals surface area contributed by atoms with Crippen molar-refractivity contribution in [3.63, 3.8) is 0 Å². The minimum Gasteiger partial charge on any atom is -0.325 e. The maximum Gasteiger partial charge on any atom is 0.243 e. The molecule has 8 heteroatoms. The van der Waals surface area contributed by atoms with E-state index in [0.717, 1.165) is 4.90 Å². The molecule has 0 atom stereocenters. The molecule has 0 radical (unpaired) electrons. The first-order valence-corrected chi connectivity index (χ1v) is 10.8. The van der Waals surface area contributed by atoms with Crippen LogP contribution in [0.15, 0.2) is 58.3 Å². The van der Waals surface area contributed by atoms with Crippen molar-refractivity contribution >= 4 is 45.0 Å². The number of halogens is 1. The summed E-state index contributed by atoms with van der Waals surface area (Å²) in [5.74, 6) is 0.0182. The monoisotopic (exact) mass is 412 g/mol. The van der Waals surface area contributed by atoms with Gasteiger partial charge < -0.3 is 5.32 Å². The van der Waals surface area contributed by atoms with Crippen molar-refractivity contribution in [2.45, 2.75) is 29.7 Å². The molecule has 0 aliphatic heterocycles. The van der Waals surface area contributed by atoms with Gasteiger partial charge in [-0.15, -0.1) is 11.8 Å². The number of amides is 1. The summed E-state index contributed by atoms with van der Waals surface area (Å²) in [5.41, 5.74) is 0.543. The Labute approximate surface area is 163 Å². The summed E-state index contributed by atoms with van der Waals surface area (Å²) < 4.78 is 26.1. The van der Waals surface area contributed by atoms with Crippen LogP contribution in [0.3, 0.4) is 0 Å². The Morgan fingerprint density at radius 1 is 1.15 bits per heavy atom. The van der Waals surface area contributed by atoms with E-state index in [0.29, 0.717) is 10.7 Å². The average Bonchev–Trinajstić information content (AvgIpc) is 2.60. The van der Waals surface area contributed by atoms with Gasteiger partial charge in [0.1, 0.15) is 0 Å². The molecule has 0 fully saturated rings. The maximum atomic E-state index is 12.4. The van der Waals surface area contributed by atoms with Gasteiger partial charge in [-0.25, -0.2) is 8.42 Å². The van der Waals surface area contributed by atoms with Crippen LogP contribution in [0.4, 0.5) is 5.69 Å². The standard InChI is InChI=1S/C18H21ClN2O3S2/c1-13(2)21(3)26(23,24)15-10-8-14(9-11-15)20-18(22)12-25-17-7-5-4-6-16(17)19/h4-11,13H,12H2,1-3H3,(H,20,22). The molecule has 0 aliphatic carbocycles. The number of nitrogens with zero attached hydrogens (tertiary/aromatic N) is 1. The van der Waals surface area contributed by atoms with E-state index >= 15 is 0 Å². The van der Waals surface area contributed by atoms with Gasteiger partial charge in [0.2, 0.25) is 15.9 Å². The third kappa shape index (κ3) is 5.23. The van der Waals surface area contributed by atoms with E-state index in [2.05, 4.69) is 5.32 Å². The molecule has 0 saturated carbocycles. The molecule has 0 unspecified atom stereocenters. The number of thioether (sulfide) groups is 1. The fourth-order valence-corrected chi connectivity index (χ4v) is 4.46. The highest BCUT2D eigenvalue weighted by atomic mass is 35.5. The van der Waals surface area contributed by atoms with Gasteiger partial charge in [0, 0.05) is 23.7 Å². The van der Waals surface area contributed by atoms with Gasteiger partial charge in [0.05, 0.1) is 15.7 Å². The van der Waals surface area contributed by atoms with E-state index in [-0.39, 0.29) is 22.6 Å². The van der Waals surface area contributed by atoms with Crippen molar-refractivity contribution in [3.05, 3.63) is 53.6 Å². The summed E-state index contributed by atoms with van der Waals surface area (Å²) in [6.45, 7) is 3.62. The predicted molar refractivity (Wildman–Crippen MR) is 107 cm³/mol. The van der Waals surface area contributed by atoms with Gasteiger partial charge in [0.25, 0.3) is 0 Å². The Bertz CT molecular complexity index is 868. The van der Waals surface area contributed by atoms with Crippen molar-refractivity contribution in [1.29, 1.82) is 0 Å². The van der Waals surface area contributed by atoms with Crippen LogP contribution < -0.4 is 5.32 Å². The van der Waals surface area contributed by atoms with Crippen molar-refractivity contribution in [2.75, 3.05) is 18.1 Å². The van der Waals surface area contributed by atoms with E-state index in [1.807, 2.05) is 32.0 Å². The minimum absolute atomic E-state index is 0.138. The van der Waals surface area contributed by atoms with Gasteiger partial charge >= 0.3 is 0 Å². The average molecular weight is 413 g/mol. The summed E-state index contributed by atoms with van der Waals surface area (Å²) in [7, 11) is -1.99. The molecule has 1 amide bonds. The van der Waals surface area contributed by atoms with E-state index in [4.69, 9.17) is 11.6 Å². The Morgan fingerprint density at radius 2 is 1.77 bits per heavy atom. The van der Waals surface area contributed by atoms with Crippen LogP contribution in [-0.2, 0) is 14.8 Å². The zero-order valence-electron chi connectivity index (χ0n) is 14.8. The van der Waals surface area contributed by atoms with E-state index in [1.54, 1.807) is 25.2 Å². The zero-order chi connectivity index (χ0) is 19.3. The van der Waals surface area contributed by atoms with E-state index in [1.165, 1.54) is 28.2 Å². The molecule has 140 valence electrons. The lowest BCUT2D eigenvalue weighted by Crippen LogP contribution is -2.33. The lowest BCUT2D eigenvalue weighted by molar-refractivity contribution is -0.113. The molecule has 1 N–H and O–H groups in total. The Kier molecular flexibility index (Phi) is 7.11. The number of rotatable bonds is 7. The summed E-state index contributed by atoms with van der Waals surface area (Å²) in [6, 6.07) is 13.3. The normalized spacial score (nSPS) is 11.8. The number of carbonyl (C=O) groups is 1. The lowest BCUT2D eigenvalue weighted by Gasteiger charge is -2.21. The maximum absolute atomic E-state index is 12.4. The number of hydrogen-bond donors (Lipinski definition) is 1. The lowest BCUT2D eigenvalue weighted by atomic mass is 10.3. The molecule has 0 aromatic heterocycles. The van der Waals surface area contributed by atoms with Crippen LogP contribution in [0.25, 0.3) is 0 Å². The van der Waals surface area contributed by atoms with Gasteiger partial charge in [-0.3, -0.25) is 4.79 Å². The number of anilines is 1. The molecule has 2 aromatic rings. The topological polar surface area (TPSA) is 66.5 Å². The second kappa shape index (κ2) is 8.90. The van der Waals surface area contributed by atoms with Crippen LogP contribution >= 0.6 is 23.4 Å². The molecular weight excluding hydrogens is 392 g/mol. The Balaban J connectivity index is 1.98. The summed E-state index contributed by atoms with van der Waals surface area (Å²) in [6.07, 6.45) is 0. The summed E-state index contributed by atoms with van der Waals surface area (Å²) in [5, 5.41) is 3.36. The first-order valence-electron chi connectivity index (χ1n) is 7.97. The SMILES string of the molecule is CC(C)N(C)S(=O)(=O)c1ccc(NC(=O)CSc2ccccc2Cl)cc1. The van der Waals surface area contributed by atoms with Gasteiger partial charge in [0.15, 0.2) is 0 Å². The van der Waals surface area contributed by atoms with Crippen LogP contribution in [0.1, 0.15) is 13.8 Å². The first kappa shape index (κ1) is 20.8. The second-order valence-electron chi connectivity index (χ2n) is 5.91. The molecule has 2 rings (SSSR count). The second-order valence-corrected chi connectivity index (χ2v) is 9.33. The largest absolute Gasteiger partial charge is 0.325 e. The highest BCUT2D eigenvalue weighted by Gasteiger charge is 2.22. The fraction of sp³-hybridized carbons (Fsp3) is 0.278. The van der Waals surface area contributed by atoms with Gasteiger partial charge in [-0.2, -0.15) is 4.31 Å². The third-order valence-corrected chi connectivity index (χ3v) is 7.30. The highest BCUT2D eigenvalue weighted by Crippen LogP contribution is 2.26. The predicted octanol–water partition coefficient (Wildman–Crippen LogP) is 4.10. The van der Waals surface area contributed by atoms with Crippen molar-refractivity contribution in [2.24, 2.45) is 0 Å². The Morgan fingerprint density at radius 3 is 2.35 bits per heavy atom. The number of hydrogen-bond acceptors (Lipinski definition) is 4. The number of benzene rings is 2. The molecule has 0 aliphatic rings. The van der Waals surface area contributed by atoms with Crippen LogP contribution in [0.5, 0.6) is 0 Å². The first-order chi connectivity index (χ1) is 12.2. The molecule has 0 heterocycles. The number of sulfonamides is 1. The van der Waals surface area contributed by atoms with Crippen LogP contribution in [-0.4, -0.2) is 37.5 Å². The number of nitrogens with one attached hydrogen (secondary N) is 1. The third-order valence-electron chi connectivity index (χ3n) is 3.74. The molecule has 26 heavy (non-hydrogen) atoms. The summed E-state index contributed by atoms with van der Waals surface area (Å²) in [4.78, 5) is 13.1. The Hall–Kier alpha value is -1.54. The van der Waals surface area contributed by atoms with Crippen molar-refractivity contribution < 1.29 is 13.2 Å². The van der Waals surface area contributed by atoms with Crippen LogP contribution in [0, 0.1) is 0 Å². The highest BCUT2D eigenvalue weighted by molar-refractivity contribution is 8.00. The minimum atomic E-state index is -3.53. The quantitative estimate of drug-likeness (QED) is 0.695. The smallest absolute Gasteiger partial charge is 0.243 e. The molecular formula is C18H21ClN2O3S2. The van der Waals surface area contributed by atoms with Crippen molar-refractivity contribution in [1.82, 2.24) is 4.31 Å². The molecule has 0 bridgehead atoms. The van der Waals surface area contributed by atoms with Crippen LogP contribution in [0.2, 0.25) is 5.02 Å². The van der Waals surface area contributed by atoms with E-state index < -0.39 is 10.0 Å². The van der Waals surface area contributed by atoms with E-state index in [9.17, 15) is 13.2 Å². The number of carbonyl (C=O) groups excluding carboxylic acids is 1. The summed E-state index contributed by atoms with van der Waals surface area (Å²) >= 11 is 7.40. The van der Waals surface area contributed by atoms with Gasteiger partial charge in [-0.05, 0) is 50.2 Å². The molecule has 0 saturated heterocycles. The van der Waals surface area contributed by atoms with Gasteiger partial charge in [-0.1, -0.05) is 23.7 Å². The van der Waals surface area contributed by atoms with Crippen molar-refractivity contribution in [3.8, 4) is 0 Å².